The maximum Gasteiger partial charge on any atom is 0.227 e. The molecule has 0 aliphatic heterocycles. The molecule has 0 spiro atoms. The summed E-state index contributed by atoms with van der Waals surface area (Å²) in [4.78, 5) is 12.1. The zero-order chi connectivity index (χ0) is 17.8. The van der Waals surface area contributed by atoms with Crippen molar-refractivity contribution in [2.45, 2.75) is 26.4 Å². The fraction of sp³-hybridized carbons (Fsp3) is 0.235. The van der Waals surface area contributed by atoms with Gasteiger partial charge in [-0.3, -0.25) is 14.2 Å². The Morgan fingerprint density at radius 3 is 2.68 bits per heavy atom. The number of rotatable bonds is 6. The van der Waals surface area contributed by atoms with Crippen LogP contribution in [0.1, 0.15) is 17.5 Å². The highest BCUT2D eigenvalue weighted by Crippen LogP contribution is 2.21. The summed E-state index contributed by atoms with van der Waals surface area (Å²) in [7, 11) is 0. The monoisotopic (exact) mass is 421 g/mol. The van der Waals surface area contributed by atoms with E-state index in [0.717, 1.165) is 10.0 Å². The van der Waals surface area contributed by atoms with Gasteiger partial charge in [0.05, 0.1) is 22.2 Å². The third-order valence-corrected chi connectivity index (χ3v) is 4.39. The minimum Gasteiger partial charge on any atom is -0.308 e. The van der Waals surface area contributed by atoms with Crippen LogP contribution >= 0.6 is 27.5 Å². The number of nitrogens with zero attached hydrogens (tertiary/aromatic N) is 4. The summed E-state index contributed by atoms with van der Waals surface area (Å²) in [6.45, 7) is 3.15. The van der Waals surface area contributed by atoms with E-state index in [-0.39, 0.29) is 12.3 Å². The SMILES string of the molecule is Cc1ccc(Cn2cc(Br)c(NC(=O)CCn3cc(Cl)cn3)n2)cc1. The first kappa shape index (κ1) is 17.7. The van der Waals surface area contributed by atoms with E-state index < -0.39 is 0 Å². The second kappa shape index (κ2) is 7.84. The van der Waals surface area contributed by atoms with E-state index in [1.54, 1.807) is 21.8 Å². The number of halogens is 2. The van der Waals surface area contributed by atoms with Crippen molar-refractivity contribution in [3.8, 4) is 0 Å². The minimum absolute atomic E-state index is 0.132. The molecule has 25 heavy (non-hydrogen) atoms. The number of benzene rings is 1. The third kappa shape index (κ3) is 4.93. The Kier molecular flexibility index (Phi) is 5.55. The lowest BCUT2D eigenvalue weighted by molar-refractivity contribution is -0.116. The summed E-state index contributed by atoms with van der Waals surface area (Å²) in [5.74, 6) is 0.378. The third-order valence-electron chi connectivity index (χ3n) is 3.61. The van der Waals surface area contributed by atoms with Gasteiger partial charge in [0.2, 0.25) is 5.91 Å². The van der Waals surface area contributed by atoms with Gasteiger partial charge in [-0.15, -0.1) is 0 Å². The molecule has 0 aliphatic carbocycles. The van der Waals surface area contributed by atoms with E-state index in [1.807, 2.05) is 6.20 Å². The standard InChI is InChI=1S/C17H17BrClN5O/c1-12-2-4-13(5-3-12)9-24-11-15(18)17(22-24)21-16(25)6-7-23-10-14(19)8-20-23/h2-5,8,10-11H,6-7,9H2,1H3,(H,21,22,25). The normalized spacial score (nSPS) is 10.8. The fourth-order valence-corrected chi connectivity index (χ4v) is 2.89. The van der Waals surface area contributed by atoms with Crippen LogP contribution in [0.15, 0.2) is 47.3 Å². The Morgan fingerprint density at radius 2 is 2.00 bits per heavy atom. The topological polar surface area (TPSA) is 64.7 Å². The molecule has 2 heterocycles. The number of nitrogens with one attached hydrogen (secondary N) is 1. The molecule has 2 aromatic heterocycles. The smallest absolute Gasteiger partial charge is 0.227 e. The highest BCUT2D eigenvalue weighted by molar-refractivity contribution is 9.10. The van der Waals surface area contributed by atoms with Crippen LogP contribution in [-0.4, -0.2) is 25.5 Å². The van der Waals surface area contributed by atoms with Crippen LogP contribution in [0.3, 0.4) is 0 Å². The molecule has 0 bridgehead atoms. The van der Waals surface area contributed by atoms with Crippen LogP contribution < -0.4 is 5.32 Å². The quantitative estimate of drug-likeness (QED) is 0.655. The number of anilines is 1. The first-order valence-electron chi connectivity index (χ1n) is 7.76. The number of amides is 1. The van der Waals surface area contributed by atoms with E-state index in [4.69, 9.17) is 11.6 Å². The minimum atomic E-state index is -0.132. The molecule has 0 atom stereocenters. The molecule has 0 fully saturated rings. The summed E-state index contributed by atoms with van der Waals surface area (Å²) >= 11 is 9.24. The fourth-order valence-electron chi connectivity index (χ4n) is 2.31. The molecule has 3 rings (SSSR count). The predicted molar refractivity (Wildman–Crippen MR) is 101 cm³/mol. The number of carbonyl (C=O) groups excluding carboxylic acids is 1. The van der Waals surface area contributed by atoms with Gasteiger partial charge >= 0.3 is 0 Å². The Morgan fingerprint density at radius 1 is 1.24 bits per heavy atom. The second-order valence-corrected chi connectivity index (χ2v) is 7.02. The summed E-state index contributed by atoms with van der Waals surface area (Å²) in [5, 5.41) is 11.8. The van der Waals surface area contributed by atoms with Gasteiger partial charge in [-0.2, -0.15) is 10.2 Å². The second-order valence-electron chi connectivity index (χ2n) is 5.73. The Bertz CT molecular complexity index is 872. The van der Waals surface area contributed by atoms with E-state index in [1.165, 1.54) is 5.56 Å². The predicted octanol–water partition coefficient (Wildman–Crippen LogP) is 3.88. The highest BCUT2D eigenvalue weighted by Gasteiger charge is 2.11. The van der Waals surface area contributed by atoms with Crippen LogP contribution in [0, 0.1) is 6.92 Å². The Hall–Kier alpha value is -2.12. The zero-order valence-electron chi connectivity index (χ0n) is 13.6. The van der Waals surface area contributed by atoms with Crippen LogP contribution in [-0.2, 0) is 17.9 Å². The van der Waals surface area contributed by atoms with Gasteiger partial charge in [-0.05, 0) is 28.4 Å². The lowest BCUT2D eigenvalue weighted by Gasteiger charge is -2.04. The molecule has 8 heteroatoms. The molecule has 1 N–H and O–H groups in total. The summed E-state index contributed by atoms with van der Waals surface area (Å²) in [5.41, 5.74) is 2.37. The van der Waals surface area contributed by atoms with E-state index in [9.17, 15) is 4.79 Å². The van der Waals surface area contributed by atoms with Gasteiger partial charge < -0.3 is 5.32 Å². The maximum absolute atomic E-state index is 12.1. The van der Waals surface area contributed by atoms with Crippen LogP contribution in [0.2, 0.25) is 5.02 Å². The van der Waals surface area contributed by atoms with Gasteiger partial charge in [-0.25, -0.2) is 0 Å². The number of hydrogen-bond acceptors (Lipinski definition) is 3. The molecule has 6 nitrogen and oxygen atoms in total. The number of aromatic nitrogens is 4. The van der Waals surface area contributed by atoms with Crippen LogP contribution in [0.4, 0.5) is 5.82 Å². The first-order chi connectivity index (χ1) is 12.0. The van der Waals surface area contributed by atoms with Crippen molar-refractivity contribution in [3.63, 3.8) is 0 Å². The van der Waals surface area contributed by atoms with Crippen molar-refractivity contribution >= 4 is 39.3 Å². The van der Waals surface area contributed by atoms with E-state index >= 15 is 0 Å². The van der Waals surface area contributed by atoms with E-state index in [0.29, 0.717) is 23.9 Å². The molecule has 1 aromatic carbocycles. The largest absolute Gasteiger partial charge is 0.308 e. The molecule has 0 unspecified atom stereocenters. The van der Waals surface area contributed by atoms with Gasteiger partial charge in [0.15, 0.2) is 5.82 Å². The summed E-state index contributed by atoms with van der Waals surface area (Å²) < 4.78 is 4.17. The number of aryl methyl sites for hydroxylation is 2. The molecule has 1 amide bonds. The number of carbonyl (C=O) groups is 1. The molecule has 0 saturated carbocycles. The highest BCUT2D eigenvalue weighted by atomic mass is 79.9. The molecule has 3 aromatic rings. The Balaban J connectivity index is 1.58. The molecule has 130 valence electrons. The molecule has 0 saturated heterocycles. The lowest BCUT2D eigenvalue weighted by atomic mass is 10.1. The summed E-state index contributed by atoms with van der Waals surface area (Å²) in [6, 6.07) is 8.27. The van der Waals surface area contributed by atoms with Gasteiger partial charge in [0.1, 0.15) is 0 Å². The van der Waals surface area contributed by atoms with Crippen molar-refractivity contribution in [3.05, 3.63) is 63.5 Å². The van der Waals surface area contributed by atoms with Crippen molar-refractivity contribution in [2.75, 3.05) is 5.32 Å². The number of hydrogen-bond donors (Lipinski definition) is 1. The molecule has 0 aliphatic rings. The van der Waals surface area contributed by atoms with Crippen molar-refractivity contribution in [1.29, 1.82) is 0 Å². The van der Waals surface area contributed by atoms with Gasteiger partial charge in [-0.1, -0.05) is 41.4 Å². The van der Waals surface area contributed by atoms with Gasteiger partial charge in [0.25, 0.3) is 0 Å². The van der Waals surface area contributed by atoms with Crippen LogP contribution in [0.25, 0.3) is 0 Å². The van der Waals surface area contributed by atoms with Gasteiger partial charge in [0, 0.05) is 25.4 Å². The Labute approximate surface area is 158 Å². The van der Waals surface area contributed by atoms with Crippen molar-refractivity contribution in [1.82, 2.24) is 19.6 Å². The molecular formula is C17H17BrClN5O. The average molecular weight is 423 g/mol. The lowest BCUT2D eigenvalue weighted by Crippen LogP contribution is -2.15. The molecule has 0 radical (unpaired) electrons. The zero-order valence-corrected chi connectivity index (χ0v) is 16.0. The van der Waals surface area contributed by atoms with Crippen molar-refractivity contribution in [2.24, 2.45) is 0 Å². The average Bonchev–Trinajstić information content (AvgIpc) is 3.14. The molecular weight excluding hydrogens is 406 g/mol. The van der Waals surface area contributed by atoms with Crippen molar-refractivity contribution < 1.29 is 4.79 Å². The maximum atomic E-state index is 12.1. The summed E-state index contributed by atoms with van der Waals surface area (Å²) in [6.07, 6.45) is 5.36. The van der Waals surface area contributed by atoms with E-state index in [2.05, 4.69) is 62.6 Å². The first-order valence-corrected chi connectivity index (χ1v) is 8.93. The van der Waals surface area contributed by atoms with Crippen LogP contribution in [0.5, 0.6) is 0 Å².